The van der Waals surface area contributed by atoms with Gasteiger partial charge < -0.3 is 14.4 Å². The molecule has 0 unspecified atom stereocenters. The van der Waals surface area contributed by atoms with Crippen molar-refractivity contribution in [1.29, 1.82) is 0 Å². The maximum atomic E-state index is 13.6. The Hall–Kier alpha value is -4.54. The summed E-state index contributed by atoms with van der Waals surface area (Å²) < 4.78 is 7.38. The molecular weight excluding hydrogens is 566 g/mol. The summed E-state index contributed by atoms with van der Waals surface area (Å²) in [6.45, 7) is 2.56. The molecule has 5 rings (SSSR count). The predicted octanol–water partition coefficient (Wildman–Crippen LogP) is 5.31. The number of phenols is 1. The van der Waals surface area contributed by atoms with E-state index < -0.39 is 11.5 Å². The van der Waals surface area contributed by atoms with Crippen molar-refractivity contribution in [3.8, 4) is 28.3 Å². The quantitative estimate of drug-likeness (QED) is 0.164. The molecule has 0 saturated heterocycles. The molecule has 0 spiro atoms. The number of methoxy groups -OCH3 is 1. The minimum atomic E-state index is -1.33. The van der Waals surface area contributed by atoms with Crippen molar-refractivity contribution in [3.63, 3.8) is 0 Å². The van der Waals surface area contributed by atoms with E-state index in [9.17, 15) is 9.90 Å². The van der Waals surface area contributed by atoms with E-state index in [-0.39, 0.29) is 17.3 Å². The maximum absolute atomic E-state index is 13.6. The number of aromatic hydroxyl groups is 1. The van der Waals surface area contributed by atoms with Crippen LogP contribution >= 0.6 is 11.6 Å². The fourth-order valence-electron chi connectivity index (χ4n) is 5.40. The van der Waals surface area contributed by atoms with Crippen molar-refractivity contribution in [2.45, 2.75) is 44.7 Å². The van der Waals surface area contributed by atoms with Gasteiger partial charge in [0.2, 0.25) is 5.82 Å². The van der Waals surface area contributed by atoms with Gasteiger partial charge in [0.15, 0.2) is 10.7 Å². The summed E-state index contributed by atoms with van der Waals surface area (Å²) in [7, 11) is 3.08. The van der Waals surface area contributed by atoms with Crippen molar-refractivity contribution in [2.75, 3.05) is 14.2 Å². The SMILES string of the molecule is CCCCc1nc(Cl)c([C@@](Cc2ccc(O)cc2)(NC)C(=O)OC)n1Cc1ccc(-c2ccccc2-c2nn[nH]n2)cc1. The number of imidazole rings is 1. The topological polar surface area (TPSA) is 131 Å². The number of carbonyl (C=O) groups is 1. The lowest BCUT2D eigenvalue weighted by Crippen LogP contribution is -2.51. The summed E-state index contributed by atoms with van der Waals surface area (Å²) >= 11 is 6.88. The highest BCUT2D eigenvalue weighted by Crippen LogP contribution is 2.36. The number of nitrogens with zero attached hydrogens (tertiary/aromatic N) is 5. The highest BCUT2D eigenvalue weighted by molar-refractivity contribution is 6.30. The summed E-state index contributed by atoms with van der Waals surface area (Å²) in [4.78, 5) is 18.4. The molecule has 0 bridgehead atoms. The number of nitrogens with one attached hydrogen (secondary N) is 2. The van der Waals surface area contributed by atoms with Gasteiger partial charge in [-0.2, -0.15) is 5.21 Å². The number of carbonyl (C=O) groups excluding carboxylic acids is 1. The molecule has 11 heteroatoms. The Balaban J connectivity index is 1.56. The number of tetrazole rings is 1. The number of hydrogen-bond donors (Lipinski definition) is 3. The largest absolute Gasteiger partial charge is 0.508 e. The zero-order valence-electron chi connectivity index (χ0n) is 24.3. The Morgan fingerprint density at radius 3 is 2.37 bits per heavy atom. The van der Waals surface area contributed by atoms with Crippen LogP contribution in [0.3, 0.4) is 0 Å². The molecule has 3 N–H and O–H groups in total. The number of aromatic amines is 1. The second-order valence-corrected chi connectivity index (χ2v) is 10.7. The standard InChI is InChI=1S/C32H34ClN7O3/c1-4-5-10-27-35-29(33)28(32(34-2,31(42)43-3)19-21-13-17-24(41)18-14-21)40(27)20-22-11-15-23(16-12-22)25-8-6-7-9-26(25)30-36-38-39-37-30/h6-9,11-18,34,41H,4-5,10,19-20H2,1-3H3,(H,36,37,38,39)/t32-/m1/s1. The molecule has 2 heterocycles. The van der Waals surface area contributed by atoms with E-state index in [0.29, 0.717) is 24.5 Å². The molecule has 3 aromatic carbocycles. The van der Waals surface area contributed by atoms with Gasteiger partial charge in [0.05, 0.1) is 12.8 Å². The van der Waals surface area contributed by atoms with E-state index in [1.807, 2.05) is 28.8 Å². The molecule has 10 nitrogen and oxygen atoms in total. The van der Waals surface area contributed by atoms with Crippen molar-refractivity contribution >= 4 is 17.6 Å². The molecule has 222 valence electrons. The second kappa shape index (κ2) is 13.2. The fraction of sp³-hybridized carbons (Fsp3) is 0.281. The number of unbranched alkanes of at least 4 members (excludes halogenated alkanes) is 1. The van der Waals surface area contributed by atoms with Crippen LogP contribution in [-0.2, 0) is 34.5 Å². The van der Waals surface area contributed by atoms with Gasteiger partial charge >= 0.3 is 5.97 Å². The molecular formula is C32H34ClN7O3. The molecule has 0 radical (unpaired) electrons. The average molecular weight is 600 g/mol. The fourth-order valence-corrected chi connectivity index (χ4v) is 5.76. The van der Waals surface area contributed by atoms with Gasteiger partial charge in [0.1, 0.15) is 11.6 Å². The molecule has 0 fully saturated rings. The van der Waals surface area contributed by atoms with Crippen molar-refractivity contribution in [1.82, 2.24) is 35.5 Å². The van der Waals surface area contributed by atoms with Crippen LogP contribution in [0.15, 0.2) is 72.8 Å². The molecule has 2 aromatic heterocycles. The van der Waals surface area contributed by atoms with Gasteiger partial charge in [0.25, 0.3) is 0 Å². The highest BCUT2D eigenvalue weighted by atomic mass is 35.5. The zero-order chi connectivity index (χ0) is 30.4. The van der Waals surface area contributed by atoms with Gasteiger partial charge in [-0.15, -0.1) is 10.2 Å². The van der Waals surface area contributed by atoms with Crippen LogP contribution in [-0.4, -0.2) is 55.4 Å². The lowest BCUT2D eigenvalue weighted by molar-refractivity contribution is -0.149. The van der Waals surface area contributed by atoms with E-state index in [1.54, 1.807) is 31.3 Å². The minimum Gasteiger partial charge on any atom is -0.508 e. The van der Waals surface area contributed by atoms with E-state index in [0.717, 1.165) is 46.5 Å². The number of esters is 1. The van der Waals surface area contributed by atoms with Crippen molar-refractivity contribution < 1.29 is 14.6 Å². The third-order valence-corrected chi connectivity index (χ3v) is 7.91. The molecule has 0 saturated carbocycles. The average Bonchev–Trinajstić information content (AvgIpc) is 3.68. The number of phenolic OH excluding ortho intramolecular Hbond substituents is 1. The Kier molecular flexibility index (Phi) is 9.18. The smallest absolute Gasteiger partial charge is 0.332 e. The lowest BCUT2D eigenvalue weighted by atomic mass is 9.87. The zero-order valence-corrected chi connectivity index (χ0v) is 25.1. The molecule has 5 aromatic rings. The molecule has 0 amide bonds. The highest BCUT2D eigenvalue weighted by Gasteiger charge is 2.45. The van der Waals surface area contributed by atoms with Crippen LogP contribution in [0.2, 0.25) is 5.15 Å². The third kappa shape index (κ3) is 6.16. The number of aromatic nitrogens is 6. The summed E-state index contributed by atoms with van der Waals surface area (Å²) in [5, 5.41) is 27.8. The van der Waals surface area contributed by atoms with Crippen LogP contribution in [0, 0.1) is 0 Å². The molecule has 0 aliphatic rings. The van der Waals surface area contributed by atoms with E-state index >= 15 is 0 Å². The number of likely N-dealkylation sites (N-methyl/N-ethyl adjacent to an activating group) is 1. The Bertz CT molecular complexity index is 1670. The van der Waals surface area contributed by atoms with Gasteiger partial charge in [-0.05, 0) is 53.1 Å². The van der Waals surface area contributed by atoms with Gasteiger partial charge in [-0.25, -0.2) is 9.78 Å². The first-order chi connectivity index (χ1) is 20.9. The first kappa shape index (κ1) is 29.9. The maximum Gasteiger partial charge on any atom is 0.332 e. The number of ether oxygens (including phenoxy) is 1. The van der Waals surface area contributed by atoms with Crippen molar-refractivity contribution in [2.24, 2.45) is 0 Å². The van der Waals surface area contributed by atoms with E-state index in [1.165, 1.54) is 7.11 Å². The Morgan fingerprint density at radius 1 is 1.05 bits per heavy atom. The Morgan fingerprint density at radius 2 is 1.74 bits per heavy atom. The summed E-state index contributed by atoms with van der Waals surface area (Å²) in [5.41, 5.74) is 3.90. The first-order valence-electron chi connectivity index (χ1n) is 14.1. The monoisotopic (exact) mass is 599 g/mol. The van der Waals surface area contributed by atoms with Crippen LogP contribution in [0.25, 0.3) is 22.5 Å². The minimum absolute atomic E-state index is 0.144. The second-order valence-electron chi connectivity index (χ2n) is 10.3. The summed E-state index contributed by atoms with van der Waals surface area (Å²) in [6, 6.07) is 22.9. The lowest BCUT2D eigenvalue weighted by Gasteiger charge is -2.32. The number of benzene rings is 3. The van der Waals surface area contributed by atoms with E-state index in [2.05, 4.69) is 57.1 Å². The van der Waals surface area contributed by atoms with Crippen LogP contribution in [0.5, 0.6) is 5.75 Å². The molecule has 0 aliphatic heterocycles. The predicted molar refractivity (Wildman–Crippen MR) is 165 cm³/mol. The van der Waals surface area contributed by atoms with Gasteiger partial charge in [-0.3, -0.25) is 5.32 Å². The molecule has 0 aliphatic carbocycles. The van der Waals surface area contributed by atoms with Crippen LogP contribution in [0.1, 0.15) is 42.4 Å². The summed E-state index contributed by atoms with van der Waals surface area (Å²) in [6.07, 6.45) is 2.84. The molecule has 1 atom stereocenters. The van der Waals surface area contributed by atoms with Crippen LogP contribution in [0.4, 0.5) is 0 Å². The number of H-pyrrole nitrogens is 1. The number of aryl methyl sites for hydroxylation is 1. The Labute approximate surface area is 255 Å². The number of hydrogen-bond acceptors (Lipinski definition) is 8. The number of rotatable bonds is 12. The van der Waals surface area contributed by atoms with Gasteiger partial charge in [0, 0.05) is 24.9 Å². The van der Waals surface area contributed by atoms with Gasteiger partial charge in [-0.1, -0.05) is 85.6 Å². The molecule has 43 heavy (non-hydrogen) atoms. The van der Waals surface area contributed by atoms with Crippen LogP contribution < -0.4 is 5.32 Å². The summed E-state index contributed by atoms with van der Waals surface area (Å²) in [5.74, 6) is 0.979. The van der Waals surface area contributed by atoms with Crippen molar-refractivity contribution in [3.05, 3.63) is 101 Å². The third-order valence-electron chi connectivity index (χ3n) is 7.65. The first-order valence-corrected chi connectivity index (χ1v) is 14.5. The normalized spacial score (nSPS) is 12.7. The number of halogens is 1. The van der Waals surface area contributed by atoms with E-state index in [4.69, 9.17) is 21.3 Å².